The number of carbonyl (C=O) groups is 1. The lowest BCUT2D eigenvalue weighted by Gasteiger charge is -2.08. The summed E-state index contributed by atoms with van der Waals surface area (Å²) in [6.45, 7) is 5.57. The molecule has 0 aliphatic rings. The number of hydrogen-bond acceptors (Lipinski definition) is 2. The van der Waals surface area contributed by atoms with Gasteiger partial charge in [-0.15, -0.1) is 0 Å². The summed E-state index contributed by atoms with van der Waals surface area (Å²) in [5, 5.41) is 2.62. The summed E-state index contributed by atoms with van der Waals surface area (Å²) in [6.07, 6.45) is 0. The zero-order valence-corrected chi connectivity index (χ0v) is 11.1. The van der Waals surface area contributed by atoms with E-state index < -0.39 is 11.7 Å². The Balaban J connectivity index is 2.28. The van der Waals surface area contributed by atoms with E-state index in [0.717, 1.165) is 16.8 Å². The van der Waals surface area contributed by atoms with Gasteiger partial charge in [0.15, 0.2) is 0 Å². The molecule has 1 aromatic heterocycles. The molecule has 3 nitrogen and oxygen atoms in total. The number of amides is 1. The number of benzene rings is 1. The Kier molecular flexibility index (Phi) is 3.60. The number of anilines is 1. The van der Waals surface area contributed by atoms with E-state index in [1.807, 2.05) is 26.8 Å². The molecular formula is C15H15FN2O. The van der Waals surface area contributed by atoms with Crippen LogP contribution in [0.25, 0.3) is 0 Å². The van der Waals surface area contributed by atoms with Crippen LogP contribution in [-0.2, 0) is 0 Å². The van der Waals surface area contributed by atoms with Gasteiger partial charge in [-0.2, -0.15) is 0 Å². The fourth-order valence-corrected chi connectivity index (χ4v) is 1.90. The molecule has 4 heteroatoms. The number of nitrogens with one attached hydrogen (secondary N) is 1. The summed E-state index contributed by atoms with van der Waals surface area (Å²) in [4.78, 5) is 16.2. The SMILES string of the molecule is Cc1cc(C)nc(NC(=O)c2cc(C)ccc2F)c1. The van der Waals surface area contributed by atoms with E-state index in [1.165, 1.54) is 12.1 Å². The number of pyridine rings is 1. The lowest BCUT2D eigenvalue weighted by Crippen LogP contribution is -2.15. The van der Waals surface area contributed by atoms with Gasteiger partial charge in [0.1, 0.15) is 11.6 Å². The summed E-state index contributed by atoms with van der Waals surface area (Å²) in [5.41, 5.74) is 2.66. The first-order chi connectivity index (χ1) is 8.95. The normalized spacial score (nSPS) is 10.3. The zero-order chi connectivity index (χ0) is 14.0. The fraction of sp³-hybridized carbons (Fsp3) is 0.200. The summed E-state index contributed by atoms with van der Waals surface area (Å²) < 4.78 is 13.6. The van der Waals surface area contributed by atoms with Gasteiger partial charge in [0, 0.05) is 5.69 Å². The van der Waals surface area contributed by atoms with Gasteiger partial charge < -0.3 is 5.32 Å². The van der Waals surface area contributed by atoms with Crippen LogP contribution in [0, 0.1) is 26.6 Å². The van der Waals surface area contributed by atoms with Crippen molar-refractivity contribution in [2.45, 2.75) is 20.8 Å². The lowest BCUT2D eigenvalue weighted by molar-refractivity contribution is 0.102. The topological polar surface area (TPSA) is 42.0 Å². The second-order valence-corrected chi connectivity index (χ2v) is 4.61. The second kappa shape index (κ2) is 5.18. The maximum absolute atomic E-state index is 13.6. The molecule has 0 spiro atoms. The van der Waals surface area contributed by atoms with Crippen molar-refractivity contribution in [3.8, 4) is 0 Å². The molecule has 0 unspecified atom stereocenters. The van der Waals surface area contributed by atoms with Crippen molar-refractivity contribution in [1.29, 1.82) is 0 Å². The van der Waals surface area contributed by atoms with Crippen molar-refractivity contribution < 1.29 is 9.18 Å². The summed E-state index contributed by atoms with van der Waals surface area (Å²) in [7, 11) is 0. The molecule has 0 saturated heterocycles. The number of carbonyl (C=O) groups excluding carboxylic acids is 1. The minimum atomic E-state index is -0.535. The Morgan fingerprint density at radius 1 is 1.11 bits per heavy atom. The number of rotatable bonds is 2. The van der Waals surface area contributed by atoms with E-state index in [1.54, 1.807) is 12.1 Å². The second-order valence-electron chi connectivity index (χ2n) is 4.61. The van der Waals surface area contributed by atoms with E-state index in [2.05, 4.69) is 10.3 Å². The minimum Gasteiger partial charge on any atom is -0.306 e. The number of aromatic nitrogens is 1. The maximum atomic E-state index is 13.6. The van der Waals surface area contributed by atoms with Crippen molar-refractivity contribution in [2.24, 2.45) is 0 Å². The Hall–Kier alpha value is -2.23. The summed E-state index contributed by atoms with van der Waals surface area (Å²) in [5.74, 6) is -0.588. The van der Waals surface area contributed by atoms with E-state index in [9.17, 15) is 9.18 Å². The molecule has 1 aromatic carbocycles. The fourth-order valence-electron chi connectivity index (χ4n) is 1.90. The van der Waals surface area contributed by atoms with Crippen LogP contribution in [0.5, 0.6) is 0 Å². The molecule has 0 aliphatic heterocycles. The molecule has 0 radical (unpaired) electrons. The Bertz CT molecular complexity index is 618. The highest BCUT2D eigenvalue weighted by Gasteiger charge is 2.12. The third kappa shape index (κ3) is 3.16. The van der Waals surface area contributed by atoms with Crippen LogP contribution in [0.15, 0.2) is 30.3 Å². The van der Waals surface area contributed by atoms with Crippen molar-refractivity contribution in [1.82, 2.24) is 4.98 Å². The van der Waals surface area contributed by atoms with Gasteiger partial charge in [0.05, 0.1) is 5.56 Å². The van der Waals surface area contributed by atoms with Crippen LogP contribution in [0.1, 0.15) is 27.2 Å². The first-order valence-corrected chi connectivity index (χ1v) is 5.98. The molecular weight excluding hydrogens is 243 g/mol. The number of hydrogen-bond donors (Lipinski definition) is 1. The molecule has 2 rings (SSSR count). The number of halogens is 1. The van der Waals surface area contributed by atoms with Crippen LogP contribution in [-0.4, -0.2) is 10.9 Å². The van der Waals surface area contributed by atoms with Crippen molar-refractivity contribution in [3.05, 3.63) is 58.5 Å². The largest absolute Gasteiger partial charge is 0.306 e. The van der Waals surface area contributed by atoms with Gasteiger partial charge in [0.25, 0.3) is 5.91 Å². The summed E-state index contributed by atoms with van der Waals surface area (Å²) in [6, 6.07) is 8.09. The molecule has 0 saturated carbocycles. The molecule has 2 aromatic rings. The van der Waals surface area contributed by atoms with E-state index in [4.69, 9.17) is 0 Å². The molecule has 1 amide bonds. The monoisotopic (exact) mass is 258 g/mol. The van der Waals surface area contributed by atoms with Crippen LogP contribution < -0.4 is 5.32 Å². The summed E-state index contributed by atoms with van der Waals surface area (Å²) >= 11 is 0. The van der Waals surface area contributed by atoms with Crippen LogP contribution >= 0.6 is 0 Å². The third-order valence-electron chi connectivity index (χ3n) is 2.71. The molecule has 1 N–H and O–H groups in total. The van der Waals surface area contributed by atoms with E-state index in [-0.39, 0.29) is 5.56 Å². The standard InChI is InChI=1S/C15H15FN2O/c1-9-4-5-13(16)12(7-9)15(19)18-14-8-10(2)6-11(3)17-14/h4-8H,1-3H3,(H,17,18,19). The molecule has 1 heterocycles. The number of nitrogens with zero attached hydrogens (tertiary/aromatic N) is 1. The Labute approximate surface area is 111 Å². The predicted octanol–water partition coefficient (Wildman–Crippen LogP) is 3.40. The van der Waals surface area contributed by atoms with Gasteiger partial charge in [0.2, 0.25) is 0 Å². The smallest absolute Gasteiger partial charge is 0.259 e. The molecule has 19 heavy (non-hydrogen) atoms. The van der Waals surface area contributed by atoms with E-state index in [0.29, 0.717) is 5.82 Å². The quantitative estimate of drug-likeness (QED) is 0.897. The van der Waals surface area contributed by atoms with Crippen molar-refractivity contribution in [2.75, 3.05) is 5.32 Å². The highest BCUT2D eigenvalue weighted by atomic mass is 19.1. The van der Waals surface area contributed by atoms with Gasteiger partial charge in [-0.3, -0.25) is 4.79 Å². The Morgan fingerprint density at radius 3 is 2.53 bits per heavy atom. The number of aryl methyl sites for hydroxylation is 3. The third-order valence-corrected chi connectivity index (χ3v) is 2.71. The molecule has 0 aliphatic carbocycles. The predicted molar refractivity (Wildman–Crippen MR) is 72.8 cm³/mol. The van der Waals surface area contributed by atoms with Crippen LogP contribution in [0.4, 0.5) is 10.2 Å². The molecule has 98 valence electrons. The van der Waals surface area contributed by atoms with E-state index >= 15 is 0 Å². The van der Waals surface area contributed by atoms with Crippen molar-refractivity contribution >= 4 is 11.7 Å². The van der Waals surface area contributed by atoms with Crippen molar-refractivity contribution in [3.63, 3.8) is 0 Å². The maximum Gasteiger partial charge on any atom is 0.259 e. The first kappa shape index (κ1) is 13.2. The van der Waals surface area contributed by atoms with Gasteiger partial charge in [-0.25, -0.2) is 9.37 Å². The lowest BCUT2D eigenvalue weighted by atomic mass is 10.1. The first-order valence-electron chi connectivity index (χ1n) is 5.98. The van der Waals surface area contributed by atoms with Crippen LogP contribution in [0.2, 0.25) is 0 Å². The Morgan fingerprint density at radius 2 is 1.84 bits per heavy atom. The highest BCUT2D eigenvalue weighted by Crippen LogP contribution is 2.14. The van der Waals surface area contributed by atoms with Gasteiger partial charge >= 0.3 is 0 Å². The zero-order valence-electron chi connectivity index (χ0n) is 11.1. The van der Waals surface area contributed by atoms with Gasteiger partial charge in [-0.1, -0.05) is 11.6 Å². The highest BCUT2D eigenvalue weighted by molar-refractivity contribution is 6.04. The molecule has 0 fully saturated rings. The minimum absolute atomic E-state index is 0.0287. The molecule has 0 atom stereocenters. The average molecular weight is 258 g/mol. The molecule has 0 bridgehead atoms. The van der Waals surface area contributed by atoms with Crippen LogP contribution in [0.3, 0.4) is 0 Å². The average Bonchev–Trinajstić information content (AvgIpc) is 2.30. The van der Waals surface area contributed by atoms with Gasteiger partial charge in [-0.05, 0) is 50.6 Å².